The van der Waals surface area contributed by atoms with E-state index in [2.05, 4.69) is 21.4 Å². The summed E-state index contributed by atoms with van der Waals surface area (Å²) in [6.45, 7) is 0. The summed E-state index contributed by atoms with van der Waals surface area (Å²) in [4.78, 5) is 23.5. The number of anilines is 1. The molecule has 0 radical (unpaired) electrons. The topological polar surface area (TPSA) is 75.4 Å². The fraction of sp³-hybridized carbons (Fsp3) is 0.176. The van der Waals surface area contributed by atoms with Crippen molar-refractivity contribution in [1.29, 1.82) is 0 Å². The van der Waals surface area contributed by atoms with E-state index in [1.165, 1.54) is 18.2 Å². The lowest BCUT2D eigenvalue weighted by Crippen LogP contribution is -2.49. The summed E-state index contributed by atoms with van der Waals surface area (Å²) in [6.07, 6.45) is 1.50. The summed E-state index contributed by atoms with van der Waals surface area (Å²) in [5.41, 5.74) is 8.57. The van der Waals surface area contributed by atoms with Gasteiger partial charge in [-0.3, -0.25) is 10.2 Å². The molecule has 2 aromatic rings. The standard InChI is InChI=1S/C17H17BrFN3O2/c18-13-10-8-12(9-11-13)4-3-7-16(23)21-22(17(20)24)15-6-2-1-5-14(15)19/h1-2,5-6,8-11H,3-4,7H2,(H2,20,24)(H,21,23). The van der Waals surface area contributed by atoms with Gasteiger partial charge in [0.25, 0.3) is 0 Å². The summed E-state index contributed by atoms with van der Waals surface area (Å²) in [6, 6.07) is 12.4. The lowest BCUT2D eigenvalue weighted by molar-refractivity contribution is -0.121. The Balaban J connectivity index is 1.90. The minimum atomic E-state index is -0.957. The first-order chi connectivity index (χ1) is 11.5. The highest BCUT2D eigenvalue weighted by Gasteiger charge is 2.18. The third-order valence-corrected chi connectivity index (χ3v) is 3.86. The number of rotatable bonds is 5. The number of nitrogens with one attached hydrogen (secondary N) is 1. The average Bonchev–Trinajstić information content (AvgIpc) is 2.55. The van der Waals surface area contributed by atoms with Crippen LogP contribution in [0.25, 0.3) is 0 Å². The van der Waals surface area contributed by atoms with Gasteiger partial charge in [-0.05, 0) is 42.7 Å². The van der Waals surface area contributed by atoms with Gasteiger partial charge in [0.2, 0.25) is 5.91 Å². The fourth-order valence-electron chi connectivity index (χ4n) is 2.15. The molecule has 7 heteroatoms. The molecule has 5 nitrogen and oxygen atoms in total. The third kappa shape index (κ3) is 5.06. The van der Waals surface area contributed by atoms with E-state index in [-0.39, 0.29) is 12.1 Å². The summed E-state index contributed by atoms with van der Waals surface area (Å²) < 4.78 is 14.7. The summed E-state index contributed by atoms with van der Waals surface area (Å²) in [7, 11) is 0. The van der Waals surface area contributed by atoms with Crippen LogP contribution in [-0.4, -0.2) is 11.9 Å². The second kappa shape index (κ2) is 8.44. The molecule has 0 aliphatic carbocycles. The Labute approximate surface area is 147 Å². The summed E-state index contributed by atoms with van der Waals surface area (Å²) >= 11 is 3.36. The maximum absolute atomic E-state index is 13.8. The molecule has 0 spiro atoms. The van der Waals surface area contributed by atoms with Crippen LogP contribution in [-0.2, 0) is 11.2 Å². The highest BCUT2D eigenvalue weighted by Crippen LogP contribution is 2.17. The van der Waals surface area contributed by atoms with Crippen molar-refractivity contribution in [3.8, 4) is 0 Å². The number of carbonyl (C=O) groups excluding carboxylic acids is 2. The molecule has 0 heterocycles. The smallest absolute Gasteiger partial charge is 0.338 e. The van der Waals surface area contributed by atoms with Crippen LogP contribution in [0.2, 0.25) is 0 Å². The average molecular weight is 394 g/mol. The number of amides is 3. The first kappa shape index (κ1) is 17.9. The zero-order chi connectivity index (χ0) is 17.5. The minimum Gasteiger partial charge on any atom is -0.350 e. The van der Waals surface area contributed by atoms with Gasteiger partial charge in [-0.25, -0.2) is 14.2 Å². The van der Waals surface area contributed by atoms with Gasteiger partial charge in [-0.2, -0.15) is 0 Å². The highest BCUT2D eigenvalue weighted by atomic mass is 79.9. The third-order valence-electron chi connectivity index (χ3n) is 3.33. The zero-order valence-electron chi connectivity index (χ0n) is 12.8. The van der Waals surface area contributed by atoms with E-state index in [4.69, 9.17) is 5.73 Å². The van der Waals surface area contributed by atoms with Crippen molar-refractivity contribution in [1.82, 2.24) is 5.43 Å². The number of urea groups is 1. The molecule has 0 unspecified atom stereocenters. The van der Waals surface area contributed by atoms with Crippen molar-refractivity contribution in [2.45, 2.75) is 19.3 Å². The summed E-state index contributed by atoms with van der Waals surface area (Å²) in [5.74, 6) is -1.05. The van der Waals surface area contributed by atoms with Crippen LogP contribution in [0.3, 0.4) is 0 Å². The van der Waals surface area contributed by atoms with Gasteiger partial charge in [0.15, 0.2) is 0 Å². The molecule has 126 valence electrons. The Morgan fingerprint density at radius 3 is 2.42 bits per heavy atom. The predicted molar refractivity (Wildman–Crippen MR) is 93.7 cm³/mol. The number of nitrogens with zero attached hydrogens (tertiary/aromatic N) is 1. The Kier molecular flexibility index (Phi) is 6.31. The van der Waals surface area contributed by atoms with Crippen molar-refractivity contribution in [2.75, 3.05) is 5.01 Å². The lowest BCUT2D eigenvalue weighted by atomic mass is 10.1. The van der Waals surface area contributed by atoms with Crippen LogP contribution >= 0.6 is 15.9 Å². The molecule has 0 atom stereocenters. The number of hydrazine groups is 1. The first-order valence-electron chi connectivity index (χ1n) is 7.35. The Bertz CT molecular complexity index is 722. The molecule has 2 aromatic carbocycles. The van der Waals surface area contributed by atoms with Crippen LogP contribution in [0.1, 0.15) is 18.4 Å². The molecule has 0 fully saturated rings. The maximum atomic E-state index is 13.8. The van der Waals surface area contributed by atoms with Gasteiger partial charge in [0.1, 0.15) is 11.5 Å². The molecular formula is C17H17BrFN3O2. The molecule has 24 heavy (non-hydrogen) atoms. The van der Waals surface area contributed by atoms with Crippen LogP contribution in [0.15, 0.2) is 53.0 Å². The molecule has 0 aromatic heterocycles. The summed E-state index contributed by atoms with van der Waals surface area (Å²) in [5, 5.41) is 0.720. The van der Waals surface area contributed by atoms with Gasteiger partial charge in [0, 0.05) is 10.9 Å². The van der Waals surface area contributed by atoms with Gasteiger partial charge < -0.3 is 5.73 Å². The van der Waals surface area contributed by atoms with Crippen molar-refractivity contribution in [2.24, 2.45) is 5.73 Å². The fourth-order valence-corrected chi connectivity index (χ4v) is 2.42. The lowest BCUT2D eigenvalue weighted by Gasteiger charge is -2.21. The monoisotopic (exact) mass is 393 g/mol. The van der Waals surface area contributed by atoms with E-state index in [0.717, 1.165) is 21.5 Å². The normalized spacial score (nSPS) is 10.2. The molecule has 0 aliphatic heterocycles. The number of hydrogen-bond acceptors (Lipinski definition) is 2. The first-order valence-corrected chi connectivity index (χ1v) is 8.14. The van der Waals surface area contributed by atoms with Gasteiger partial charge >= 0.3 is 6.03 Å². The molecule has 3 amide bonds. The van der Waals surface area contributed by atoms with E-state index >= 15 is 0 Å². The second-order valence-electron chi connectivity index (χ2n) is 5.14. The van der Waals surface area contributed by atoms with Crippen LogP contribution in [0.4, 0.5) is 14.9 Å². The van der Waals surface area contributed by atoms with E-state index in [1.807, 2.05) is 24.3 Å². The number of primary amides is 1. The quantitative estimate of drug-likeness (QED) is 0.762. The zero-order valence-corrected chi connectivity index (χ0v) is 14.4. The van der Waals surface area contributed by atoms with Crippen molar-refractivity contribution >= 4 is 33.6 Å². The molecule has 2 rings (SSSR count). The Morgan fingerprint density at radius 1 is 1.12 bits per heavy atom. The second-order valence-corrected chi connectivity index (χ2v) is 6.06. The number of para-hydroxylation sites is 1. The van der Waals surface area contributed by atoms with Gasteiger partial charge in [-0.15, -0.1) is 0 Å². The number of nitrogens with two attached hydrogens (primary N) is 1. The van der Waals surface area contributed by atoms with E-state index < -0.39 is 17.8 Å². The minimum absolute atomic E-state index is 0.0914. The molecule has 0 bridgehead atoms. The van der Waals surface area contributed by atoms with Crippen LogP contribution in [0, 0.1) is 5.82 Å². The van der Waals surface area contributed by atoms with Crippen molar-refractivity contribution < 1.29 is 14.0 Å². The van der Waals surface area contributed by atoms with Crippen molar-refractivity contribution in [3.63, 3.8) is 0 Å². The van der Waals surface area contributed by atoms with Gasteiger partial charge in [-0.1, -0.05) is 40.2 Å². The van der Waals surface area contributed by atoms with Crippen LogP contribution in [0.5, 0.6) is 0 Å². The molecule has 0 saturated carbocycles. The largest absolute Gasteiger partial charge is 0.350 e. The molecule has 3 N–H and O–H groups in total. The number of benzene rings is 2. The Hall–Kier alpha value is -2.41. The van der Waals surface area contributed by atoms with E-state index in [9.17, 15) is 14.0 Å². The SMILES string of the molecule is NC(=O)N(NC(=O)CCCc1ccc(Br)cc1)c1ccccc1F. The maximum Gasteiger partial charge on any atom is 0.338 e. The number of hydrogen-bond donors (Lipinski definition) is 2. The molecule has 0 saturated heterocycles. The molecular weight excluding hydrogens is 377 g/mol. The van der Waals surface area contributed by atoms with E-state index in [0.29, 0.717) is 6.42 Å². The van der Waals surface area contributed by atoms with Gasteiger partial charge in [0.05, 0.1) is 0 Å². The number of aryl methyl sites for hydroxylation is 1. The Morgan fingerprint density at radius 2 is 1.79 bits per heavy atom. The van der Waals surface area contributed by atoms with E-state index in [1.54, 1.807) is 6.07 Å². The van der Waals surface area contributed by atoms with Crippen molar-refractivity contribution in [3.05, 3.63) is 64.4 Å². The van der Waals surface area contributed by atoms with Crippen LogP contribution < -0.4 is 16.2 Å². The highest BCUT2D eigenvalue weighted by molar-refractivity contribution is 9.10. The molecule has 0 aliphatic rings. The number of halogens is 2. The predicted octanol–water partition coefficient (Wildman–Crippen LogP) is 3.53. The number of carbonyl (C=O) groups is 2.